The molecule has 1 aliphatic carbocycles. The van der Waals surface area contributed by atoms with Crippen LogP contribution >= 0.6 is 11.8 Å². The van der Waals surface area contributed by atoms with Gasteiger partial charge in [-0.3, -0.25) is 0 Å². The highest BCUT2D eigenvalue weighted by Crippen LogP contribution is 2.27. The maximum absolute atomic E-state index is 6.05. The number of rotatable bonds is 3. The Hall–Kier alpha value is -0.960. The van der Waals surface area contributed by atoms with Gasteiger partial charge in [-0.2, -0.15) is 0 Å². The minimum atomic E-state index is 0.512. The molecule has 0 bridgehead atoms. The van der Waals surface area contributed by atoms with E-state index in [-0.39, 0.29) is 0 Å². The third-order valence-corrected chi connectivity index (χ3v) is 3.81. The minimum absolute atomic E-state index is 0.512. The molecule has 1 aromatic carbocycles. The van der Waals surface area contributed by atoms with Crippen LogP contribution in [0.5, 0.6) is 0 Å². The molecule has 1 saturated carbocycles. The standard InChI is InChI=1S/C13H18N2S/c1-16-12-8-4-7-11(9-12)15-13(14)10-5-2-3-6-10/h4,7-10H,2-3,5-6H2,1H3,(H2,14,15). The number of benzene rings is 1. The summed E-state index contributed by atoms with van der Waals surface area (Å²) in [5.41, 5.74) is 7.03. The molecule has 0 amide bonds. The van der Waals surface area contributed by atoms with Gasteiger partial charge >= 0.3 is 0 Å². The fraction of sp³-hybridized carbons (Fsp3) is 0.462. The van der Waals surface area contributed by atoms with Crippen molar-refractivity contribution in [3.8, 4) is 0 Å². The Labute approximate surface area is 101 Å². The number of nitrogens with two attached hydrogens (primary N) is 1. The van der Waals surface area contributed by atoms with Crippen LogP contribution in [0.2, 0.25) is 0 Å². The highest BCUT2D eigenvalue weighted by atomic mass is 32.2. The second-order valence-electron chi connectivity index (χ2n) is 4.22. The van der Waals surface area contributed by atoms with Crippen LogP contribution in [0.4, 0.5) is 5.69 Å². The predicted molar refractivity (Wildman–Crippen MR) is 71.5 cm³/mol. The minimum Gasteiger partial charge on any atom is -0.387 e. The summed E-state index contributed by atoms with van der Waals surface area (Å²) < 4.78 is 0. The number of nitrogens with zero attached hydrogens (tertiary/aromatic N) is 1. The van der Waals surface area contributed by atoms with Crippen molar-refractivity contribution in [1.29, 1.82) is 0 Å². The van der Waals surface area contributed by atoms with Crippen LogP contribution < -0.4 is 5.73 Å². The fourth-order valence-electron chi connectivity index (χ4n) is 2.14. The summed E-state index contributed by atoms with van der Waals surface area (Å²) in [4.78, 5) is 5.77. The molecule has 0 aliphatic heterocycles. The fourth-order valence-corrected chi connectivity index (χ4v) is 2.60. The third kappa shape index (κ3) is 2.79. The predicted octanol–water partition coefficient (Wildman–Crippen LogP) is 3.59. The Bertz CT molecular complexity index is 381. The molecule has 1 aromatic rings. The van der Waals surface area contributed by atoms with Gasteiger partial charge in [-0.25, -0.2) is 4.99 Å². The van der Waals surface area contributed by atoms with Crippen molar-refractivity contribution in [2.24, 2.45) is 16.6 Å². The van der Waals surface area contributed by atoms with E-state index in [1.165, 1.54) is 30.6 Å². The zero-order valence-corrected chi connectivity index (χ0v) is 10.5. The van der Waals surface area contributed by atoms with Crippen molar-refractivity contribution >= 4 is 23.3 Å². The van der Waals surface area contributed by atoms with Crippen LogP contribution in [0.3, 0.4) is 0 Å². The maximum Gasteiger partial charge on any atom is 0.103 e. The Morgan fingerprint density at radius 2 is 2.12 bits per heavy atom. The van der Waals surface area contributed by atoms with Gasteiger partial charge in [0, 0.05) is 10.8 Å². The summed E-state index contributed by atoms with van der Waals surface area (Å²) >= 11 is 1.73. The van der Waals surface area contributed by atoms with E-state index in [4.69, 9.17) is 5.73 Å². The molecule has 0 aromatic heterocycles. The van der Waals surface area contributed by atoms with Gasteiger partial charge < -0.3 is 5.73 Å². The van der Waals surface area contributed by atoms with Crippen molar-refractivity contribution in [2.75, 3.05) is 6.26 Å². The largest absolute Gasteiger partial charge is 0.387 e. The normalized spacial score (nSPS) is 17.9. The molecular weight excluding hydrogens is 216 g/mol. The van der Waals surface area contributed by atoms with Gasteiger partial charge in [0.1, 0.15) is 5.84 Å². The molecule has 2 rings (SSSR count). The maximum atomic E-state index is 6.05. The van der Waals surface area contributed by atoms with E-state index in [9.17, 15) is 0 Å². The SMILES string of the molecule is CSc1cccc(N=C(N)C2CCCC2)c1. The van der Waals surface area contributed by atoms with E-state index >= 15 is 0 Å². The van der Waals surface area contributed by atoms with Crippen LogP contribution in [-0.4, -0.2) is 12.1 Å². The van der Waals surface area contributed by atoms with Crippen LogP contribution in [0.1, 0.15) is 25.7 Å². The molecule has 0 saturated heterocycles. The number of aliphatic imine (C=N–C) groups is 1. The summed E-state index contributed by atoms with van der Waals surface area (Å²) in [7, 11) is 0. The quantitative estimate of drug-likeness (QED) is 0.493. The van der Waals surface area contributed by atoms with Crippen molar-refractivity contribution in [2.45, 2.75) is 30.6 Å². The van der Waals surface area contributed by atoms with Crippen LogP contribution in [-0.2, 0) is 0 Å². The monoisotopic (exact) mass is 234 g/mol. The smallest absolute Gasteiger partial charge is 0.103 e. The van der Waals surface area contributed by atoms with Gasteiger partial charge in [-0.05, 0) is 37.3 Å². The van der Waals surface area contributed by atoms with Crippen molar-refractivity contribution < 1.29 is 0 Å². The third-order valence-electron chi connectivity index (χ3n) is 3.08. The van der Waals surface area contributed by atoms with Gasteiger partial charge in [0.15, 0.2) is 0 Å². The topological polar surface area (TPSA) is 38.4 Å². The van der Waals surface area contributed by atoms with E-state index in [1.807, 2.05) is 12.1 Å². The van der Waals surface area contributed by atoms with Crippen LogP contribution in [0.25, 0.3) is 0 Å². The highest BCUT2D eigenvalue weighted by Gasteiger charge is 2.18. The second-order valence-corrected chi connectivity index (χ2v) is 5.10. The first kappa shape index (κ1) is 11.5. The van der Waals surface area contributed by atoms with E-state index in [0.717, 1.165) is 11.5 Å². The Morgan fingerprint density at radius 3 is 2.81 bits per heavy atom. The first-order valence-electron chi connectivity index (χ1n) is 5.77. The van der Waals surface area contributed by atoms with Gasteiger partial charge in [0.05, 0.1) is 5.69 Å². The van der Waals surface area contributed by atoms with Gasteiger partial charge in [0.2, 0.25) is 0 Å². The van der Waals surface area contributed by atoms with E-state index < -0.39 is 0 Å². The molecule has 0 spiro atoms. The molecule has 0 unspecified atom stereocenters. The van der Waals surface area contributed by atoms with E-state index in [0.29, 0.717) is 5.92 Å². The lowest BCUT2D eigenvalue weighted by Crippen LogP contribution is -2.20. The Morgan fingerprint density at radius 1 is 1.38 bits per heavy atom. The zero-order chi connectivity index (χ0) is 11.4. The van der Waals surface area contributed by atoms with Crippen LogP contribution in [0.15, 0.2) is 34.2 Å². The van der Waals surface area contributed by atoms with Crippen molar-refractivity contribution in [1.82, 2.24) is 0 Å². The molecule has 1 aliphatic rings. The van der Waals surface area contributed by atoms with Crippen LogP contribution in [0, 0.1) is 5.92 Å². The zero-order valence-electron chi connectivity index (χ0n) is 9.65. The average molecular weight is 234 g/mol. The molecule has 86 valence electrons. The lowest BCUT2D eigenvalue weighted by Gasteiger charge is -2.08. The summed E-state index contributed by atoms with van der Waals surface area (Å²) in [5, 5.41) is 0. The average Bonchev–Trinajstić information content (AvgIpc) is 2.83. The molecular formula is C13H18N2S. The van der Waals surface area contributed by atoms with E-state index in [1.54, 1.807) is 11.8 Å². The lowest BCUT2D eigenvalue weighted by molar-refractivity contribution is 0.722. The van der Waals surface area contributed by atoms with Gasteiger partial charge in [0.25, 0.3) is 0 Å². The molecule has 2 N–H and O–H groups in total. The Balaban J connectivity index is 2.14. The van der Waals surface area contributed by atoms with Crippen molar-refractivity contribution in [3.05, 3.63) is 24.3 Å². The van der Waals surface area contributed by atoms with Gasteiger partial charge in [-0.1, -0.05) is 18.9 Å². The molecule has 0 radical (unpaired) electrons. The Kier molecular flexibility index (Phi) is 3.88. The summed E-state index contributed by atoms with van der Waals surface area (Å²) in [5.74, 6) is 1.33. The molecule has 0 heterocycles. The number of hydrogen-bond donors (Lipinski definition) is 1. The van der Waals surface area contributed by atoms with Gasteiger partial charge in [-0.15, -0.1) is 11.8 Å². The number of thioether (sulfide) groups is 1. The molecule has 1 fully saturated rings. The number of hydrogen-bond acceptors (Lipinski definition) is 2. The summed E-state index contributed by atoms with van der Waals surface area (Å²) in [6, 6.07) is 8.23. The first-order valence-corrected chi connectivity index (χ1v) is 7.00. The molecule has 3 heteroatoms. The summed E-state index contributed by atoms with van der Waals surface area (Å²) in [6.45, 7) is 0. The summed E-state index contributed by atoms with van der Waals surface area (Å²) in [6.07, 6.45) is 7.08. The lowest BCUT2D eigenvalue weighted by atomic mass is 10.1. The molecule has 16 heavy (non-hydrogen) atoms. The number of amidine groups is 1. The second kappa shape index (κ2) is 5.39. The molecule has 2 nitrogen and oxygen atoms in total. The molecule has 0 atom stereocenters. The first-order chi connectivity index (χ1) is 7.79. The van der Waals surface area contributed by atoms with Crippen molar-refractivity contribution in [3.63, 3.8) is 0 Å². The van der Waals surface area contributed by atoms with E-state index in [2.05, 4.69) is 23.4 Å². The highest BCUT2D eigenvalue weighted by molar-refractivity contribution is 7.98.